The smallest absolute Gasteiger partial charge is 0.226 e. The molecule has 2 aromatic heterocycles. The minimum atomic E-state index is -0.154. The van der Waals surface area contributed by atoms with Gasteiger partial charge in [-0.1, -0.05) is 0 Å². The van der Waals surface area contributed by atoms with Gasteiger partial charge >= 0.3 is 0 Å². The number of amides is 2. The van der Waals surface area contributed by atoms with E-state index in [0.717, 1.165) is 16.6 Å². The highest BCUT2D eigenvalue weighted by Gasteiger charge is 2.05. The summed E-state index contributed by atoms with van der Waals surface area (Å²) in [5.41, 5.74) is 2.53. The maximum absolute atomic E-state index is 11.5. The molecule has 0 saturated heterocycles. The van der Waals surface area contributed by atoms with Crippen LogP contribution in [0.1, 0.15) is 12.0 Å². The van der Waals surface area contributed by atoms with Crippen LogP contribution in [0.15, 0.2) is 18.5 Å². The van der Waals surface area contributed by atoms with Crippen LogP contribution < -0.4 is 10.6 Å². The molecule has 2 aromatic rings. The van der Waals surface area contributed by atoms with Crippen molar-refractivity contribution in [1.82, 2.24) is 15.3 Å². The second-order valence-electron chi connectivity index (χ2n) is 3.96. The molecule has 2 rings (SSSR count). The van der Waals surface area contributed by atoms with Gasteiger partial charge in [0, 0.05) is 24.5 Å². The quantitative estimate of drug-likeness (QED) is 0.542. The van der Waals surface area contributed by atoms with Gasteiger partial charge in [0.05, 0.1) is 11.9 Å². The number of aromatic nitrogens is 2. The predicted molar refractivity (Wildman–Crippen MR) is 68.1 cm³/mol. The lowest BCUT2D eigenvalue weighted by atomic mass is 10.2. The Hall–Kier alpha value is -2.37. The van der Waals surface area contributed by atoms with E-state index in [4.69, 9.17) is 0 Å². The maximum Gasteiger partial charge on any atom is 0.226 e. The van der Waals surface area contributed by atoms with Crippen molar-refractivity contribution in [2.45, 2.75) is 13.3 Å². The summed E-state index contributed by atoms with van der Waals surface area (Å²) in [5, 5.41) is 6.16. The molecule has 6 nitrogen and oxygen atoms in total. The van der Waals surface area contributed by atoms with E-state index in [9.17, 15) is 9.59 Å². The number of hydrogen-bond acceptors (Lipinski definition) is 3. The third-order valence-electron chi connectivity index (χ3n) is 2.60. The molecule has 0 saturated carbocycles. The fraction of sp³-hybridized carbons (Fsp3) is 0.250. The molecule has 0 bridgehead atoms. The summed E-state index contributed by atoms with van der Waals surface area (Å²) < 4.78 is 0. The van der Waals surface area contributed by atoms with Crippen molar-refractivity contribution in [3.63, 3.8) is 0 Å². The minimum Gasteiger partial charge on any atom is -0.358 e. The molecular formula is C12H14N4O2. The molecular weight excluding hydrogens is 232 g/mol. The van der Waals surface area contributed by atoms with Gasteiger partial charge in [0.2, 0.25) is 12.3 Å². The van der Waals surface area contributed by atoms with Crippen molar-refractivity contribution >= 4 is 29.0 Å². The minimum absolute atomic E-state index is 0.154. The second kappa shape index (κ2) is 5.31. The zero-order valence-corrected chi connectivity index (χ0v) is 9.99. The summed E-state index contributed by atoms with van der Waals surface area (Å²) in [7, 11) is 0. The van der Waals surface area contributed by atoms with Crippen LogP contribution in [0.4, 0.5) is 5.69 Å². The molecule has 94 valence electrons. The van der Waals surface area contributed by atoms with Crippen molar-refractivity contribution in [1.29, 1.82) is 0 Å². The van der Waals surface area contributed by atoms with Crippen molar-refractivity contribution in [2.24, 2.45) is 0 Å². The van der Waals surface area contributed by atoms with E-state index in [1.165, 1.54) is 0 Å². The van der Waals surface area contributed by atoms with Gasteiger partial charge in [-0.25, -0.2) is 4.98 Å². The number of carbonyl (C=O) groups is 2. The van der Waals surface area contributed by atoms with Crippen LogP contribution in [0.5, 0.6) is 0 Å². The molecule has 0 unspecified atom stereocenters. The van der Waals surface area contributed by atoms with Gasteiger partial charge in [0.1, 0.15) is 5.65 Å². The third-order valence-corrected chi connectivity index (χ3v) is 2.60. The lowest BCUT2D eigenvalue weighted by Gasteiger charge is -2.04. The van der Waals surface area contributed by atoms with Crippen molar-refractivity contribution in [3.8, 4) is 0 Å². The first-order chi connectivity index (χ1) is 8.70. The molecule has 0 aliphatic carbocycles. The lowest BCUT2D eigenvalue weighted by Crippen LogP contribution is -2.20. The molecule has 18 heavy (non-hydrogen) atoms. The number of rotatable bonds is 5. The first kappa shape index (κ1) is 12.1. The maximum atomic E-state index is 11.5. The van der Waals surface area contributed by atoms with Gasteiger partial charge in [-0.2, -0.15) is 0 Å². The molecule has 0 atom stereocenters. The second-order valence-corrected chi connectivity index (χ2v) is 3.96. The Kier molecular flexibility index (Phi) is 3.57. The van der Waals surface area contributed by atoms with Gasteiger partial charge in [-0.05, 0) is 18.6 Å². The highest BCUT2D eigenvalue weighted by Crippen LogP contribution is 2.19. The summed E-state index contributed by atoms with van der Waals surface area (Å²) in [6.45, 7) is 2.30. The number of nitrogens with zero attached hydrogens (tertiary/aromatic N) is 1. The predicted octanol–water partition coefficient (Wildman–Crippen LogP) is 0.946. The monoisotopic (exact) mass is 246 g/mol. The zero-order chi connectivity index (χ0) is 13.0. The van der Waals surface area contributed by atoms with Crippen LogP contribution in [0.3, 0.4) is 0 Å². The Morgan fingerprint density at radius 1 is 1.56 bits per heavy atom. The Labute approximate surface area is 104 Å². The number of carbonyl (C=O) groups excluding carboxylic acids is 2. The van der Waals surface area contributed by atoms with Crippen molar-refractivity contribution < 1.29 is 9.59 Å². The highest BCUT2D eigenvalue weighted by molar-refractivity contribution is 5.93. The largest absolute Gasteiger partial charge is 0.358 e. The number of aromatic amines is 1. The normalized spacial score (nSPS) is 10.3. The number of aryl methyl sites for hydroxylation is 1. The van der Waals surface area contributed by atoms with Crippen LogP contribution in [-0.2, 0) is 9.59 Å². The number of H-pyrrole nitrogens is 1. The molecule has 0 spiro atoms. The number of anilines is 1. The third kappa shape index (κ3) is 2.65. The Balaban J connectivity index is 2.04. The van der Waals surface area contributed by atoms with E-state index in [-0.39, 0.29) is 12.3 Å². The van der Waals surface area contributed by atoms with Crippen LogP contribution in [0.25, 0.3) is 11.0 Å². The topological polar surface area (TPSA) is 86.9 Å². The molecule has 0 aromatic carbocycles. The molecule has 3 N–H and O–H groups in total. The average molecular weight is 246 g/mol. The SMILES string of the molecule is Cc1c[nH]c2ncc(NC(=O)CCNC=O)cc12. The van der Waals surface area contributed by atoms with Gasteiger partial charge < -0.3 is 15.6 Å². The van der Waals surface area contributed by atoms with Crippen LogP contribution in [0.2, 0.25) is 0 Å². The Morgan fingerprint density at radius 2 is 2.39 bits per heavy atom. The standard InChI is InChI=1S/C12H14N4O2/c1-8-5-14-12-10(8)4-9(6-15-12)16-11(18)2-3-13-7-17/h4-7H,2-3H2,1H3,(H,13,17)(H,14,15)(H,16,18). The van der Waals surface area contributed by atoms with Gasteiger partial charge in [-0.15, -0.1) is 0 Å². The molecule has 0 radical (unpaired) electrons. The van der Waals surface area contributed by atoms with Crippen molar-refractivity contribution in [2.75, 3.05) is 11.9 Å². The molecule has 0 fully saturated rings. The van der Waals surface area contributed by atoms with E-state index in [1.54, 1.807) is 6.20 Å². The van der Waals surface area contributed by atoms with Crippen LogP contribution in [-0.4, -0.2) is 28.8 Å². The molecule has 6 heteroatoms. The highest BCUT2D eigenvalue weighted by atomic mass is 16.1. The van der Waals surface area contributed by atoms with Crippen LogP contribution >= 0.6 is 0 Å². The fourth-order valence-corrected chi connectivity index (χ4v) is 1.67. The summed E-state index contributed by atoms with van der Waals surface area (Å²) in [5.74, 6) is -0.154. The summed E-state index contributed by atoms with van der Waals surface area (Å²) in [6, 6.07) is 1.87. The van der Waals surface area contributed by atoms with Gasteiger partial charge in [0.25, 0.3) is 0 Å². The Bertz CT molecular complexity index is 576. The van der Waals surface area contributed by atoms with Crippen molar-refractivity contribution in [3.05, 3.63) is 24.0 Å². The van der Waals surface area contributed by atoms with E-state index >= 15 is 0 Å². The zero-order valence-electron chi connectivity index (χ0n) is 9.99. The summed E-state index contributed by atoms with van der Waals surface area (Å²) in [4.78, 5) is 28.8. The number of fused-ring (bicyclic) bond motifs is 1. The van der Waals surface area contributed by atoms with E-state index in [1.807, 2.05) is 19.2 Å². The van der Waals surface area contributed by atoms with E-state index < -0.39 is 0 Å². The molecule has 0 aliphatic rings. The molecule has 2 heterocycles. The number of hydrogen-bond donors (Lipinski definition) is 3. The summed E-state index contributed by atoms with van der Waals surface area (Å²) >= 11 is 0. The van der Waals surface area contributed by atoms with E-state index in [0.29, 0.717) is 18.6 Å². The number of pyridine rings is 1. The summed E-state index contributed by atoms with van der Waals surface area (Å²) in [6.07, 6.45) is 4.29. The molecule has 2 amide bonds. The first-order valence-electron chi connectivity index (χ1n) is 5.61. The average Bonchev–Trinajstić information content (AvgIpc) is 2.71. The Morgan fingerprint density at radius 3 is 3.17 bits per heavy atom. The van der Waals surface area contributed by atoms with Gasteiger partial charge in [0.15, 0.2) is 0 Å². The van der Waals surface area contributed by atoms with Gasteiger partial charge in [-0.3, -0.25) is 9.59 Å². The lowest BCUT2D eigenvalue weighted by molar-refractivity contribution is -0.116. The molecule has 0 aliphatic heterocycles. The van der Waals surface area contributed by atoms with Crippen LogP contribution in [0, 0.1) is 6.92 Å². The van der Waals surface area contributed by atoms with E-state index in [2.05, 4.69) is 20.6 Å². The first-order valence-corrected chi connectivity index (χ1v) is 5.61. The number of nitrogens with one attached hydrogen (secondary N) is 3. The fourth-order valence-electron chi connectivity index (χ4n) is 1.67.